The van der Waals surface area contributed by atoms with E-state index in [2.05, 4.69) is 0 Å². The molecule has 1 aliphatic heterocycles. The fraction of sp³-hybridized carbons (Fsp3) is 0.417. The first-order chi connectivity index (χ1) is 8.50. The molecule has 0 atom stereocenters. The van der Waals surface area contributed by atoms with Crippen LogP contribution in [0.25, 0.3) is 0 Å². The van der Waals surface area contributed by atoms with Gasteiger partial charge in [0.2, 0.25) is 0 Å². The molecule has 0 aliphatic carbocycles. The summed E-state index contributed by atoms with van der Waals surface area (Å²) >= 11 is 0. The molecular weight excluding hydrogens is 237 g/mol. The average molecular weight is 253 g/mol. The number of halogens is 1. The highest BCUT2D eigenvalue weighted by atomic mass is 19.1. The van der Waals surface area contributed by atoms with Crippen molar-refractivity contribution < 1.29 is 14.3 Å². The van der Waals surface area contributed by atoms with Crippen molar-refractivity contribution in [3.05, 3.63) is 23.5 Å². The third-order valence-corrected chi connectivity index (χ3v) is 3.26. The van der Waals surface area contributed by atoms with Crippen LogP contribution >= 0.6 is 0 Å². The summed E-state index contributed by atoms with van der Waals surface area (Å²) in [5.74, 6) is -1.92. The summed E-state index contributed by atoms with van der Waals surface area (Å²) in [6.45, 7) is 1.32. The Labute approximate surface area is 104 Å². The van der Waals surface area contributed by atoms with E-state index in [9.17, 15) is 9.18 Å². The molecule has 1 aromatic carbocycles. The standard InChI is InChI=1S/C12H16FN3O2/c13-8-1-2-9(10(11(8)15)12(17)18)16-5-3-7(14)4-6-16/h1-2,7H,3-6,14-15H2,(H,17,18). The van der Waals surface area contributed by atoms with Gasteiger partial charge in [-0.3, -0.25) is 0 Å². The number of benzene rings is 1. The number of piperidine rings is 1. The predicted octanol–water partition coefficient (Wildman–Crippen LogP) is 1.03. The summed E-state index contributed by atoms with van der Waals surface area (Å²) in [4.78, 5) is 13.1. The minimum Gasteiger partial charge on any atom is -0.478 e. The molecule has 1 aromatic rings. The van der Waals surface area contributed by atoms with E-state index in [0.717, 1.165) is 12.8 Å². The Hall–Kier alpha value is -1.82. The zero-order valence-corrected chi connectivity index (χ0v) is 9.90. The van der Waals surface area contributed by atoms with Gasteiger partial charge in [0.05, 0.1) is 11.4 Å². The van der Waals surface area contributed by atoms with Crippen molar-refractivity contribution >= 4 is 17.3 Å². The zero-order chi connectivity index (χ0) is 13.3. The van der Waals surface area contributed by atoms with E-state index in [1.54, 1.807) is 0 Å². The Morgan fingerprint density at radius 2 is 2.00 bits per heavy atom. The number of nitrogens with zero attached hydrogens (tertiary/aromatic N) is 1. The van der Waals surface area contributed by atoms with Crippen molar-refractivity contribution in [2.24, 2.45) is 5.73 Å². The maximum Gasteiger partial charge on any atom is 0.340 e. The van der Waals surface area contributed by atoms with Crippen LogP contribution in [0.15, 0.2) is 12.1 Å². The summed E-state index contributed by atoms with van der Waals surface area (Å²) in [5, 5.41) is 9.16. The molecule has 5 nitrogen and oxygen atoms in total. The first-order valence-electron chi connectivity index (χ1n) is 5.82. The number of hydrogen-bond acceptors (Lipinski definition) is 4. The van der Waals surface area contributed by atoms with Crippen molar-refractivity contribution in [1.29, 1.82) is 0 Å². The Balaban J connectivity index is 2.38. The van der Waals surface area contributed by atoms with Gasteiger partial charge in [0.1, 0.15) is 11.4 Å². The number of carboxylic acids is 1. The maximum absolute atomic E-state index is 13.3. The molecule has 5 N–H and O–H groups in total. The largest absolute Gasteiger partial charge is 0.478 e. The topological polar surface area (TPSA) is 92.6 Å². The lowest BCUT2D eigenvalue weighted by Crippen LogP contribution is -2.40. The number of hydrogen-bond donors (Lipinski definition) is 3. The second kappa shape index (κ2) is 4.81. The summed E-state index contributed by atoms with van der Waals surface area (Å²) in [7, 11) is 0. The van der Waals surface area contributed by atoms with Gasteiger partial charge >= 0.3 is 5.97 Å². The maximum atomic E-state index is 13.3. The van der Waals surface area contributed by atoms with Crippen molar-refractivity contribution in [2.45, 2.75) is 18.9 Å². The van der Waals surface area contributed by atoms with E-state index in [-0.39, 0.29) is 17.3 Å². The SMILES string of the molecule is Nc1c(F)ccc(N2CCC(N)CC2)c1C(=O)O. The fourth-order valence-corrected chi connectivity index (χ4v) is 2.21. The molecule has 1 fully saturated rings. The Morgan fingerprint density at radius 3 is 2.56 bits per heavy atom. The fourth-order valence-electron chi connectivity index (χ4n) is 2.21. The molecule has 6 heteroatoms. The van der Waals surface area contributed by atoms with Gasteiger partial charge in [-0.25, -0.2) is 9.18 Å². The highest BCUT2D eigenvalue weighted by molar-refractivity contribution is 6.00. The molecule has 2 rings (SSSR count). The molecule has 1 saturated heterocycles. The molecular formula is C12H16FN3O2. The van der Waals surface area contributed by atoms with Crippen LogP contribution < -0.4 is 16.4 Å². The molecule has 0 aromatic heterocycles. The molecule has 18 heavy (non-hydrogen) atoms. The summed E-state index contributed by atoms with van der Waals surface area (Å²) in [6, 6.07) is 2.81. The van der Waals surface area contributed by atoms with Crippen LogP contribution in [0.1, 0.15) is 23.2 Å². The Kier molecular flexibility index (Phi) is 3.38. The number of carboxylic acid groups (broad SMARTS) is 1. The summed E-state index contributed by atoms with van der Waals surface area (Å²) in [6.07, 6.45) is 1.58. The van der Waals surface area contributed by atoms with Crippen molar-refractivity contribution in [1.82, 2.24) is 0 Å². The highest BCUT2D eigenvalue weighted by Gasteiger charge is 2.24. The first kappa shape index (κ1) is 12.6. The highest BCUT2D eigenvalue weighted by Crippen LogP contribution is 2.30. The summed E-state index contributed by atoms with van der Waals surface area (Å²) < 4.78 is 13.3. The Morgan fingerprint density at radius 1 is 1.39 bits per heavy atom. The van der Waals surface area contributed by atoms with Crippen LogP contribution in [0.5, 0.6) is 0 Å². The lowest BCUT2D eigenvalue weighted by Gasteiger charge is -2.33. The zero-order valence-electron chi connectivity index (χ0n) is 9.90. The van der Waals surface area contributed by atoms with Crippen LogP contribution in [-0.4, -0.2) is 30.2 Å². The molecule has 98 valence electrons. The van der Waals surface area contributed by atoms with Gasteiger partial charge in [0.15, 0.2) is 0 Å². The molecule has 1 heterocycles. The van der Waals surface area contributed by atoms with Crippen LogP contribution in [0.2, 0.25) is 0 Å². The van der Waals surface area contributed by atoms with Gasteiger partial charge in [0.25, 0.3) is 0 Å². The minimum absolute atomic E-state index is 0.146. The van der Waals surface area contributed by atoms with E-state index >= 15 is 0 Å². The normalized spacial score (nSPS) is 16.9. The third kappa shape index (κ3) is 2.24. The number of rotatable bonds is 2. The van der Waals surface area contributed by atoms with Crippen LogP contribution in [0, 0.1) is 5.82 Å². The minimum atomic E-state index is -1.21. The van der Waals surface area contributed by atoms with E-state index in [1.165, 1.54) is 12.1 Å². The van der Waals surface area contributed by atoms with Gasteiger partial charge in [-0.2, -0.15) is 0 Å². The molecule has 0 spiro atoms. The smallest absolute Gasteiger partial charge is 0.340 e. The number of nitrogens with two attached hydrogens (primary N) is 2. The molecule has 1 aliphatic rings. The number of aromatic carboxylic acids is 1. The van der Waals surface area contributed by atoms with E-state index < -0.39 is 11.8 Å². The van der Waals surface area contributed by atoms with Crippen LogP contribution in [0.4, 0.5) is 15.8 Å². The van der Waals surface area contributed by atoms with Crippen LogP contribution in [0.3, 0.4) is 0 Å². The second-order valence-electron chi connectivity index (χ2n) is 4.48. The van der Waals surface area contributed by atoms with Gasteiger partial charge in [-0.1, -0.05) is 0 Å². The average Bonchev–Trinajstić information content (AvgIpc) is 2.33. The van der Waals surface area contributed by atoms with E-state index in [4.69, 9.17) is 16.6 Å². The van der Waals surface area contributed by atoms with Gasteiger partial charge < -0.3 is 21.5 Å². The first-order valence-corrected chi connectivity index (χ1v) is 5.82. The third-order valence-electron chi connectivity index (χ3n) is 3.26. The van der Waals surface area contributed by atoms with Crippen molar-refractivity contribution in [3.63, 3.8) is 0 Å². The number of nitrogen functional groups attached to an aromatic ring is 1. The lowest BCUT2D eigenvalue weighted by atomic mass is 10.0. The molecule has 0 radical (unpaired) electrons. The molecule has 0 amide bonds. The van der Waals surface area contributed by atoms with E-state index in [0.29, 0.717) is 18.8 Å². The van der Waals surface area contributed by atoms with Gasteiger partial charge in [-0.15, -0.1) is 0 Å². The van der Waals surface area contributed by atoms with Gasteiger partial charge in [-0.05, 0) is 25.0 Å². The number of carbonyl (C=O) groups is 1. The predicted molar refractivity (Wildman–Crippen MR) is 67.2 cm³/mol. The van der Waals surface area contributed by atoms with Crippen molar-refractivity contribution in [3.8, 4) is 0 Å². The summed E-state index contributed by atoms with van der Waals surface area (Å²) in [5.41, 5.74) is 11.3. The van der Waals surface area contributed by atoms with Crippen LogP contribution in [-0.2, 0) is 0 Å². The monoisotopic (exact) mass is 253 g/mol. The van der Waals surface area contributed by atoms with E-state index in [1.807, 2.05) is 4.90 Å². The Bertz CT molecular complexity index is 471. The quantitative estimate of drug-likeness (QED) is 0.685. The molecule has 0 saturated carbocycles. The second-order valence-corrected chi connectivity index (χ2v) is 4.48. The van der Waals surface area contributed by atoms with Crippen molar-refractivity contribution in [2.75, 3.05) is 23.7 Å². The number of anilines is 2. The lowest BCUT2D eigenvalue weighted by molar-refractivity contribution is 0.0698. The van der Waals surface area contributed by atoms with Gasteiger partial charge in [0, 0.05) is 19.1 Å². The molecule has 0 unspecified atom stereocenters. The molecule has 0 bridgehead atoms.